The third-order valence-electron chi connectivity index (χ3n) is 5.67. The van der Waals surface area contributed by atoms with Gasteiger partial charge in [0.05, 0.1) is 22.7 Å². The van der Waals surface area contributed by atoms with Crippen LogP contribution in [0.25, 0.3) is 10.9 Å². The van der Waals surface area contributed by atoms with Crippen LogP contribution < -0.4 is 16.6 Å². The maximum atomic E-state index is 12.8. The van der Waals surface area contributed by atoms with Gasteiger partial charge in [0.2, 0.25) is 5.91 Å². The number of para-hydroxylation sites is 1. The maximum absolute atomic E-state index is 12.8. The first kappa shape index (κ1) is 20.6. The fraction of sp³-hybridized carbons (Fsp3) is 0.364. The van der Waals surface area contributed by atoms with Crippen molar-refractivity contribution < 1.29 is 14.0 Å². The van der Waals surface area contributed by atoms with Crippen LogP contribution in [0.1, 0.15) is 30.1 Å². The third-order valence-corrected chi connectivity index (χ3v) is 5.67. The molecule has 1 aliphatic rings. The summed E-state index contributed by atoms with van der Waals surface area (Å²) in [5.41, 5.74) is 0.106. The van der Waals surface area contributed by atoms with Gasteiger partial charge in [0.25, 0.3) is 11.5 Å². The van der Waals surface area contributed by atoms with Crippen molar-refractivity contribution >= 4 is 22.7 Å². The van der Waals surface area contributed by atoms with Crippen molar-refractivity contribution in [1.29, 1.82) is 0 Å². The van der Waals surface area contributed by atoms with Crippen molar-refractivity contribution in [3.8, 4) is 0 Å². The Bertz CT molecular complexity index is 1220. The van der Waals surface area contributed by atoms with Gasteiger partial charge in [0.15, 0.2) is 0 Å². The summed E-state index contributed by atoms with van der Waals surface area (Å²) in [5.74, 6) is -0.383. The molecule has 0 atom stereocenters. The molecule has 9 nitrogen and oxygen atoms in total. The smallest absolute Gasteiger partial charge is 0.331 e. The number of amides is 2. The van der Waals surface area contributed by atoms with Crippen molar-refractivity contribution in [3.05, 3.63) is 69.3 Å². The first-order valence-corrected chi connectivity index (χ1v) is 10.3. The Balaban J connectivity index is 1.44. The molecule has 2 aromatic heterocycles. The Morgan fingerprint density at radius 1 is 1.10 bits per heavy atom. The summed E-state index contributed by atoms with van der Waals surface area (Å²) in [6.07, 6.45) is 4.14. The molecule has 31 heavy (non-hydrogen) atoms. The normalized spacial score (nSPS) is 14.7. The molecule has 1 aliphatic heterocycles. The number of nitrogens with one attached hydrogen (secondary N) is 1. The lowest BCUT2D eigenvalue weighted by molar-refractivity contribution is -0.122. The number of rotatable bonds is 5. The van der Waals surface area contributed by atoms with Crippen molar-refractivity contribution in [3.63, 3.8) is 0 Å². The second kappa shape index (κ2) is 8.63. The third kappa shape index (κ3) is 4.03. The van der Waals surface area contributed by atoms with Crippen LogP contribution in [0.4, 0.5) is 0 Å². The molecule has 1 aromatic carbocycles. The fourth-order valence-corrected chi connectivity index (χ4v) is 4.02. The highest BCUT2D eigenvalue weighted by Gasteiger charge is 2.25. The number of fused-ring (bicyclic) bond motifs is 1. The molecule has 1 N–H and O–H groups in total. The van der Waals surface area contributed by atoms with E-state index in [1.807, 2.05) is 0 Å². The molecule has 0 saturated carbocycles. The molecular weight excluding hydrogens is 400 g/mol. The van der Waals surface area contributed by atoms with Gasteiger partial charge in [-0.15, -0.1) is 0 Å². The van der Waals surface area contributed by atoms with E-state index in [4.69, 9.17) is 4.42 Å². The lowest BCUT2D eigenvalue weighted by atomic mass is 10.0. The van der Waals surface area contributed by atoms with Gasteiger partial charge in [0, 0.05) is 25.7 Å². The van der Waals surface area contributed by atoms with Crippen LogP contribution in [-0.4, -0.2) is 45.0 Å². The monoisotopic (exact) mass is 424 g/mol. The zero-order valence-electron chi connectivity index (χ0n) is 17.2. The van der Waals surface area contributed by atoms with Crippen LogP contribution in [0, 0.1) is 0 Å². The standard InChI is InChI=1S/C22H24N4O5/c1-2-25-21(29)17-5-3-4-6-18(17)26(22(25)30)13-19(27)23-16-7-10-24(11-8-16)20(28)15-9-12-31-14-15/h3-6,9,12,14,16H,2,7-8,10-11,13H2,1H3,(H,23,27). The summed E-state index contributed by atoms with van der Waals surface area (Å²) in [6.45, 7) is 2.83. The number of piperidine rings is 1. The molecule has 1 saturated heterocycles. The predicted octanol–water partition coefficient (Wildman–Crippen LogP) is 1.20. The van der Waals surface area contributed by atoms with E-state index in [0.717, 1.165) is 4.57 Å². The molecule has 0 unspecified atom stereocenters. The van der Waals surface area contributed by atoms with Gasteiger partial charge in [-0.25, -0.2) is 4.79 Å². The van der Waals surface area contributed by atoms with E-state index < -0.39 is 5.69 Å². The van der Waals surface area contributed by atoms with Crippen molar-refractivity contribution in [2.75, 3.05) is 13.1 Å². The summed E-state index contributed by atoms with van der Waals surface area (Å²) in [4.78, 5) is 52.1. The van der Waals surface area contributed by atoms with Crippen LogP contribution in [0.2, 0.25) is 0 Å². The van der Waals surface area contributed by atoms with E-state index >= 15 is 0 Å². The molecule has 1 fully saturated rings. The van der Waals surface area contributed by atoms with Crippen LogP contribution >= 0.6 is 0 Å². The molecule has 4 rings (SSSR count). The number of aromatic nitrogens is 2. The summed E-state index contributed by atoms with van der Waals surface area (Å²) in [7, 11) is 0. The van der Waals surface area contributed by atoms with Gasteiger partial charge >= 0.3 is 5.69 Å². The molecule has 3 heterocycles. The Kier molecular flexibility index (Phi) is 5.75. The van der Waals surface area contributed by atoms with Gasteiger partial charge in [-0.1, -0.05) is 12.1 Å². The van der Waals surface area contributed by atoms with Crippen LogP contribution in [0.3, 0.4) is 0 Å². The fourth-order valence-electron chi connectivity index (χ4n) is 4.02. The van der Waals surface area contributed by atoms with Crippen molar-refractivity contribution in [1.82, 2.24) is 19.4 Å². The molecule has 162 valence electrons. The topological polar surface area (TPSA) is 107 Å². The van der Waals surface area contributed by atoms with Gasteiger partial charge < -0.3 is 14.6 Å². The van der Waals surface area contributed by atoms with Gasteiger partial charge in [-0.3, -0.25) is 23.5 Å². The van der Waals surface area contributed by atoms with E-state index in [9.17, 15) is 19.2 Å². The SMILES string of the molecule is CCn1c(=O)c2ccccc2n(CC(=O)NC2CCN(C(=O)c3ccoc3)CC2)c1=O. The number of hydrogen-bond donors (Lipinski definition) is 1. The van der Waals surface area contributed by atoms with Crippen LogP contribution in [0.15, 0.2) is 56.9 Å². The number of carbonyl (C=O) groups excluding carboxylic acids is 2. The number of nitrogens with zero attached hydrogens (tertiary/aromatic N) is 3. The minimum absolute atomic E-state index is 0.0834. The Labute approximate surface area is 177 Å². The number of hydrogen-bond acceptors (Lipinski definition) is 5. The molecule has 0 spiro atoms. The summed E-state index contributed by atoms with van der Waals surface area (Å²) in [6, 6.07) is 8.35. The zero-order valence-corrected chi connectivity index (χ0v) is 17.2. The number of carbonyl (C=O) groups is 2. The molecule has 0 radical (unpaired) electrons. The quantitative estimate of drug-likeness (QED) is 0.662. The minimum atomic E-state index is -0.498. The van der Waals surface area contributed by atoms with E-state index in [1.54, 1.807) is 42.2 Å². The Morgan fingerprint density at radius 3 is 2.52 bits per heavy atom. The van der Waals surface area contributed by atoms with Crippen LogP contribution in [0.5, 0.6) is 0 Å². The van der Waals surface area contributed by atoms with Gasteiger partial charge in [-0.05, 0) is 38.0 Å². The average Bonchev–Trinajstić information content (AvgIpc) is 3.32. The highest BCUT2D eigenvalue weighted by Crippen LogP contribution is 2.15. The van der Waals surface area contributed by atoms with E-state index in [0.29, 0.717) is 42.4 Å². The van der Waals surface area contributed by atoms with Crippen molar-refractivity contribution in [2.24, 2.45) is 0 Å². The highest BCUT2D eigenvalue weighted by atomic mass is 16.3. The summed E-state index contributed by atoms with van der Waals surface area (Å²) in [5, 5.41) is 3.37. The number of benzene rings is 1. The molecule has 9 heteroatoms. The zero-order chi connectivity index (χ0) is 22.0. The minimum Gasteiger partial charge on any atom is -0.472 e. The lowest BCUT2D eigenvalue weighted by Crippen LogP contribution is -2.48. The largest absolute Gasteiger partial charge is 0.472 e. The predicted molar refractivity (Wildman–Crippen MR) is 114 cm³/mol. The van der Waals surface area contributed by atoms with Crippen molar-refractivity contribution in [2.45, 2.75) is 38.9 Å². The molecule has 0 bridgehead atoms. The average molecular weight is 424 g/mol. The van der Waals surface area contributed by atoms with Crippen LogP contribution in [-0.2, 0) is 17.9 Å². The second-order valence-corrected chi connectivity index (χ2v) is 7.58. The first-order chi connectivity index (χ1) is 15.0. The highest BCUT2D eigenvalue weighted by molar-refractivity contribution is 5.93. The van der Waals surface area contributed by atoms with E-state index in [2.05, 4.69) is 5.32 Å². The summed E-state index contributed by atoms with van der Waals surface area (Å²) < 4.78 is 7.44. The molecule has 3 aromatic rings. The maximum Gasteiger partial charge on any atom is 0.331 e. The summed E-state index contributed by atoms with van der Waals surface area (Å²) >= 11 is 0. The van der Waals surface area contributed by atoms with E-state index in [1.165, 1.54) is 17.1 Å². The van der Waals surface area contributed by atoms with Gasteiger partial charge in [0.1, 0.15) is 12.8 Å². The van der Waals surface area contributed by atoms with Gasteiger partial charge in [-0.2, -0.15) is 0 Å². The number of furan rings is 1. The Hall–Kier alpha value is -3.62. The lowest BCUT2D eigenvalue weighted by Gasteiger charge is -2.32. The molecular formula is C22H24N4O5. The molecule has 2 amide bonds. The first-order valence-electron chi connectivity index (χ1n) is 10.3. The Morgan fingerprint density at radius 2 is 1.84 bits per heavy atom. The number of likely N-dealkylation sites (tertiary alicyclic amines) is 1. The molecule has 0 aliphatic carbocycles. The van der Waals surface area contributed by atoms with E-state index in [-0.39, 0.29) is 36.5 Å². The second-order valence-electron chi connectivity index (χ2n) is 7.58.